The molecule has 0 atom stereocenters. The average molecular weight is 422 g/mol. The molecule has 0 fully saturated rings. The molecular weight excluding hydrogens is 405 g/mol. The molecule has 9 nitrogen and oxygen atoms in total. The fourth-order valence-corrected chi connectivity index (χ4v) is 2.39. The molecule has 1 N–H and O–H groups in total. The van der Waals surface area contributed by atoms with Gasteiger partial charge in [-0.2, -0.15) is 18.2 Å². The minimum absolute atomic E-state index is 0.0788. The predicted octanol–water partition coefficient (Wildman–Crippen LogP) is 2.57. The Morgan fingerprint density at radius 3 is 2.70 bits per heavy atom. The molecule has 158 valence electrons. The summed E-state index contributed by atoms with van der Waals surface area (Å²) < 4.78 is 50.6. The molecule has 12 heteroatoms. The van der Waals surface area contributed by atoms with E-state index in [1.54, 1.807) is 11.6 Å². The molecule has 0 saturated carbocycles. The summed E-state index contributed by atoms with van der Waals surface area (Å²) in [5, 5.41) is 2.38. The van der Waals surface area contributed by atoms with Crippen LogP contribution in [0.4, 0.5) is 18.9 Å². The van der Waals surface area contributed by atoms with Gasteiger partial charge < -0.3 is 19.4 Å². The van der Waals surface area contributed by atoms with E-state index in [1.165, 1.54) is 31.8 Å². The zero-order chi connectivity index (χ0) is 21.7. The molecule has 3 heterocycles. The van der Waals surface area contributed by atoms with Gasteiger partial charge in [0.15, 0.2) is 5.82 Å². The summed E-state index contributed by atoms with van der Waals surface area (Å²) in [4.78, 5) is 28.4. The molecule has 0 aliphatic heterocycles. The smallest absolute Gasteiger partial charge is 0.433 e. The molecule has 0 aliphatic carbocycles. The Labute approximate surface area is 168 Å². The van der Waals surface area contributed by atoms with Crippen LogP contribution in [0.25, 0.3) is 11.5 Å². The standard InChI is InChI=1S/C18H17F3N6O3/c1-27-10-22-9-13(27)16-25-12(8-15(26-16)30-6-5-29-2)17(28)24-11-3-4-23-14(7-11)18(19,20)21/h3-4,7-10H,5-6H2,1-2H3,(H,23,24,28). The van der Waals surface area contributed by atoms with Crippen molar-refractivity contribution in [1.29, 1.82) is 0 Å². The molecule has 3 aromatic heterocycles. The van der Waals surface area contributed by atoms with Crippen LogP contribution < -0.4 is 10.1 Å². The second-order valence-corrected chi connectivity index (χ2v) is 6.03. The Kier molecular flexibility index (Phi) is 6.26. The first-order valence-corrected chi connectivity index (χ1v) is 8.60. The number of amides is 1. The lowest BCUT2D eigenvalue weighted by Crippen LogP contribution is -2.17. The van der Waals surface area contributed by atoms with Crippen molar-refractivity contribution < 1.29 is 27.4 Å². The Hall–Kier alpha value is -3.54. The van der Waals surface area contributed by atoms with Crippen LogP contribution in [-0.4, -0.2) is 50.7 Å². The van der Waals surface area contributed by atoms with Gasteiger partial charge in [0.2, 0.25) is 5.88 Å². The van der Waals surface area contributed by atoms with Crippen molar-refractivity contribution >= 4 is 11.6 Å². The lowest BCUT2D eigenvalue weighted by molar-refractivity contribution is -0.141. The number of aromatic nitrogens is 5. The summed E-state index contributed by atoms with van der Waals surface area (Å²) >= 11 is 0. The van der Waals surface area contributed by atoms with Gasteiger partial charge in [0.1, 0.15) is 23.7 Å². The number of methoxy groups -OCH3 is 1. The van der Waals surface area contributed by atoms with Gasteiger partial charge in [-0.15, -0.1) is 0 Å². The lowest BCUT2D eigenvalue weighted by Gasteiger charge is -2.11. The molecule has 0 bridgehead atoms. The van der Waals surface area contributed by atoms with Crippen molar-refractivity contribution in [2.24, 2.45) is 7.05 Å². The van der Waals surface area contributed by atoms with Gasteiger partial charge in [0.25, 0.3) is 5.91 Å². The van der Waals surface area contributed by atoms with E-state index in [1.807, 2.05) is 0 Å². The van der Waals surface area contributed by atoms with Crippen molar-refractivity contribution in [3.8, 4) is 17.4 Å². The largest absolute Gasteiger partial charge is 0.475 e. The van der Waals surface area contributed by atoms with Crippen molar-refractivity contribution in [2.75, 3.05) is 25.6 Å². The number of nitrogens with one attached hydrogen (secondary N) is 1. The third kappa shape index (κ3) is 5.08. The molecule has 3 aromatic rings. The summed E-state index contributed by atoms with van der Waals surface area (Å²) in [5.74, 6) is -0.466. The molecule has 0 radical (unpaired) electrons. The molecule has 0 unspecified atom stereocenters. The minimum Gasteiger partial charge on any atom is -0.475 e. The summed E-state index contributed by atoms with van der Waals surface area (Å²) in [5.41, 5.74) is -0.782. The maximum atomic E-state index is 12.8. The predicted molar refractivity (Wildman–Crippen MR) is 98.8 cm³/mol. The maximum Gasteiger partial charge on any atom is 0.433 e. The topological polar surface area (TPSA) is 104 Å². The zero-order valence-corrected chi connectivity index (χ0v) is 16.0. The fraction of sp³-hybridized carbons (Fsp3) is 0.278. The number of aryl methyl sites for hydroxylation is 1. The van der Waals surface area contributed by atoms with E-state index in [0.717, 1.165) is 12.3 Å². The number of hydrogen-bond donors (Lipinski definition) is 1. The third-order valence-electron chi connectivity index (χ3n) is 3.83. The Bertz CT molecular complexity index is 1040. The highest BCUT2D eigenvalue weighted by Crippen LogP contribution is 2.29. The average Bonchev–Trinajstić information content (AvgIpc) is 3.13. The summed E-state index contributed by atoms with van der Waals surface area (Å²) in [7, 11) is 3.23. The molecule has 0 aliphatic rings. The number of imidazole rings is 1. The molecular formula is C18H17F3N6O3. The number of rotatable bonds is 7. The van der Waals surface area contributed by atoms with Gasteiger partial charge in [-0.1, -0.05) is 0 Å². The number of carbonyl (C=O) groups is 1. The summed E-state index contributed by atoms with van der Waals surface area (Å²) in [6, 6.07) is 3.26. The second-order valence-electron chi connectivity index (χ2n) is 6.03. The summed E-state index contributed by atoms with van der Waals surface area (Å²) in [6.45, 7) is 0.475. The van der Waals surface area contributed by atoms with Crippen molar-refractivity contribution in [2.45, 2.75) is 6.18 Å². The van der Waals surface area contributed by atoms with Crippen LogP contribution in [-0.2, 0) is 18.0 Å². The van der Waals surface area contributed by atoms with Gasteiger partial charge in [-0.25, -0.2) is 9.97 Å². The third-order valence-corrected chi connectivity index (χ3v) is 3.83. The Morgan fingerprint density at radius 2 is 2.03 bits per heavy atom. The first-order valence-electron chi connectivity index (χ1n) is 8.60. The van der Waals surface area contributed by atoms with Crippen LogP contribution in [0.3, 0.4) is 0 Å². The van der Waals surface area contributed by atoms with E-state index in [-0.39, 0.29) is 29.7 Å². The molecule has 0 aromatic carbocycles. The Balaban J connectivity index is 1.90. The van der Waals surface area contributed by atoms with Crippen molar-refractivity contribution in [3.05, 3.63) is 48.3 Å². The van der Waals surface area contributed by atoms with E-state index in [2.05, 4.69) is 25.3 Å². The monoisotopic (exact) mass is 422 g/mol. The number of alkyl halides is 3. The highest BCUT2D eigenvalue weighted by atomic mass is 19.4. The van der Waals surface area contributed by atoms with Crippen LogP contribution in [0.5, 0.6) is 5.88 Å². The first-order chi connectivity index (χ1) is 14.3. The number of carbonyl (C=O) groups excluding carboxylic acids is 1. The van der Waals surface area contributed by atoms with Gasteiger partial charge in [0, 0.05) is 32.1 Å². The van der Waals surface area contributed by atoms with E-state index in [4.69, 9.17) is 9.47 Å². The number of ether oxygens (including phenoxy) is 2. The first kappa shape index (κ1) is 21.2. The fourth-order valence-electron chi connectivity index (χ4n) is 2.39. The number of hydrogen-bond acceptors (Lipinski definition) is 7. The van der Waals surface area contributed by atoms with Gasteiger partial charge in [0.05, 0.1) is 19.1 Å². The number of pyridine rings is 1. The number of anilines is 1. The van der Waals surface area contributed by atoms with Crippen LogP contribution >= 0.6 is 0 Å². The van der Waals surface area contributed by atoms with E-state index in [9.17, 15) is 18.0 Å². The second kappa shape index (κ2) is 8.86. The highest BCUT2D eigenvalue weighted by molar-refractivity contribution is 6.03. The molecule has 0 spiro atoms. The van der Waals surface area contributed by atoms with E-state index < -0.39 is 17.8 Å². The normalized spacial score (nSPS) is 11.4. The summed E-state index contributed by atoms with van der Waals surface area (Å²) in [6.07, 6.45) is -0.634. The molecule has 30 heavy (non-hydrogen) atoms. The van der Waals surface area contributed by atoms with Gasteiger partial charge in [-0.3, -0.25) is 9.78 Å². The van der Waals surface area contributed by atoms with Crippen LogP contribution in [0.15, 0.2) is 36.9 Å². The van der Waals surface area contributed by atoms with Gasteiger partial charge >= 0.3 is 6.18 Å². The van der Waals surface area contributed by atoms with E-state index in [0.29, 0.717) is 12.3 Å². The Morgan fingerprint density at radius 1 is 1.23 bits per heavy atom. The molecule has 0 saturated heterocycles. The highest BCUT2D eigenvalue weighted by Gasteiger charge is 2.32. The van der Waals surface area contributed by atoms with Crippen LogP contribution in [0, 0.1) is 0 Å². The van der Waals surface area contributed by atoms with Crippen molar-refractivity contribution in [1.82, 2.24) is 24.5 Å². The lowest BCUT2D eigenvalue weighted by atomic mass is 10.3. The quantitative estimate of drug-likeness (QED) is 0.584. The van der Waals surface area contributed by atoms with Crippen LogP contribution in [0.2, 0.25) is 0 Å². The van der Waals surface area contributed by atoms with Crippen LogP contribution in [0.1, 0.15) is 16.2 Å². The zero-order valence-electron chi connectivity index (χ0n) is 16.0. The SMILES string of the molecule is COCCOc1cc(C(=O)Nc2ccnc(C(F)(F)F)c2)nc(-c2cncn2C)n1. The van der Waals surface area contributed by atoms with Gasteiger partial charge in [-0.05, 0) is 12.1 Å². The van der Waals surface area contributed by atoms with Crippen molar-refractivity contribution in [3.63, 3.8) is 0 Å². The number of halogens is 3. The molecule has 1 amide bonds. The minimum atomic E-state index is -4.63. The molecule has 3 rings (SSSR count). The van der Waals surface area contributed by atoms with E-state index >= 15 is 0 Å². The number of nitrogens with zero attached hydrogens (tertiary/aromatic N) is 5. The maximum absolute atomic E-state index is 12.8.